The second kappa shape index (κ2) is 11.0. The maximum Gasteiger partial charge on any atom is 0.337 e. The Kier molecular flexibility index (Phi) is 7.83. The predicted molar refractivity (Wildman–Crippen MR) is 143 cm³/mol. The van der Waals surface area contributed by atoms with Crippen molar-refractivity contribution in [2.75, 3.05) is 20.8 Å². The van der Waals surface area contributed by atoms with Crippen LogP contribution in [0.25, 0.3) is 10.9 Å². The zero-order valence-corrected chi connectivity index (χ0v) is 21.7. The third-order valence-electron chi connectivity index (χ3n) is 5.96. The van der Waals surface area contributed by atoms with Gasteiger partial charge in [0.25, 0.3) is 0 Å². The maximum atomic E-state index is 12.2. The number of benzene rings is 3. The number of fused-ring (bicyclic) bond motifs is 3. The van der Waals surface area contributed by atoms with Gasteiger partial charge in [0, 0.05) is 27.6 Å². The van der Waals surface area contributed by atoms with Crippen LogP contribution in [-0.2, 0) is 11.2 Å². The molecular formula is C27H24BrFN2O3S. The van der Waals surface area contributed by atoms with Crippen LogP contribution in [0.15, 0.2) is 71.2 Å². The third-order valence-corrected chi connectivity index (χ3v) is 6.72. The number of H-pyrrole nitrogens is 1. The number of thiocarbonyl (C=S) groups is 1. The molecule has 35 heavy (non-hydrogen) atoms. The highest BCUT2D eigenvalue weighted by Gasteiger charge is 2.30. The van der Waals surface area contributed by atoms with Crippen molar-refractivity contribution < 1.29 is 18.7 Å². The summed E-state index contributed by atoms with van der Waals surface area (Å²) in [7, 11) is 2.94. The number of esters is 1. The van der Waals surface area contributed by atoms with Crippen LogP contribution in [0.4, 0.5) is 4.39 Å². The molecule has 0 fully saturated rings. The highest BCUT2D eigenvalue weighted by molar-refractivity contribution is 9.10. The number of nitrogens with zero attached hydrogens (tertiary/aromatic N) is 1. The average Bonchev–Trinajstić information content (AvgIpc) is 3.26. The van der Waals surface area contributed by atoms with Crippen molar-refractivity contribution in [3.8, 4) is 5.75 Å². The molecular weight excluding hydrogens is 531 g/mol. The van der Waals surface area contributed by atoms with E-state index in [9.17, 15) is 9.18 Å². The van der Waals surface area contributed by atoms with Gasteiger partial charge >= 0.3 is 5.97 Å². The van der Waals surface area contributed by atoms with Gasteiger partial charge in [0.05, 0.1) is 31.3 Å². The zero-order valence-electron chi connectivity index (χ0n) is 19.3. The molecule has 4 aromatic rings. The molecule has 1 aromatic heterocycles. The number of halogens is 2. The van der Waals surface area contributed by atoms with Gasteiger partial charge in [-0.1, -0.05) is 40.3 Å². The summed E-state index contributed by atoms with van der Waals surface area (Å²) in [5, 5.41) is 1.24. The van der Waals surface area contributed by atoms with Gasteiger partial charge in [-0.15, -0.1) is 0 Å². The van der Waals surface area contributed by atoms with Crippen molar-refractivity contribution in [3.63, 3.8) is 0 Å². The zero-order chi connectivity index (χ0) is 24.9. The van der Waals surface area contributed by atoms with Gasteiger partial charge in [-0.05, 0) is 72.1 Å². The lowest BCUT2D eigenvalue weighted by atomic mass is 9.92. The normalized spacial score (nSPS) is 14.5. The van der Waals surface area contributed by atoms with Crippen molar-refractivity contribution in [1.82, 2.24) is 9.88 Å². The highest BCUT2D eigenvalue weighted by Crippen LogP contribution is 2.38. The van der Waals surface area contributed by atoms with Gasteiger partial charge in [-0.3, -0.25) is 0 Å². The van der Waals surface area contributed by atoms with Crippen LogP contribution in [0.2, 0.25) is 0 Å². The summed E-state index contributed by atoms with van der Waals surface area (Å²) in [4.78, 5) is 17.4. The van der Waals surface area contributed by atoms with E-state index in [0.29, 0.717) is 11.3 Å². The molecule has 0 radical (unpaired) electrons. The molecule has 5 rings (SSSR count). The summed E-state index contributed by atoms with van der Waals surface area (Å²) in [6.45, 7) is 0.861. The fourth-order valence-electron chi connectivity index (χ4n) is 4.24. The maximum absolute atomic E-state index is 12.2. The second-order valence-electron chi connectivity index (χ2n) is 7.97. The fraction of sp³-hybridized carbons (Fsp3) is 0.185. The Morgan fingerprint density at radius 3 is 2.46 bits per heavy atom. The summed E-state index contributed by atoms with van der Waals surface area (Å²) in [6, 6.07) is 19.7. The number of nitrogens with one attached hydrogen (secondary N) is 1. The van der Waals surface area contributed by atoms with E-state index in [0.717, 1.165) is 34.2 Å². The van der Waals surface area contributed by atoms with E-state index in [4.69, 9.17) is 21.7 Å². The van der Waals surface area contributed by atoms with E-state index in [1.807, 2.05) is 18.2 Å². The molecule has 0 saturated heterocycles. The van der Waals surface area contributed by atoms with E-state index >= 15 is 0 Å². The highest BCUT2D eigenvalue weighted by atomic mass is 79.9. The van der Waals surface area contributed by atoms with E-state index < -0.39 is 0 Å². The largest absolute Gasteiger partial charge is 0.497 e. The second-order valence-corrected chi connectivity index (χ2v) is 9.10. The van der Waals surface area contributed by atoms with Crippen LogP contribution < -0.4 is 4.74 Å². The molecule has 0 amide bonds. The molecule has 5 nitrogen and oxygen atoms in total. The molecule has 1 unspecified atom stereocenters. The predicted octanol–water partition coefficient (Wildman–Crippen LogP) is 6.46. The lowest BCUT2D eigenvalue weighted by molar-refractivity contribution is 0.0600. The van der Waals surface area contributed by atoms with Crippen LogP contribution in [0, 0.1) is 5.82 Å². The molecule has 3 aromatic carbocycles. The monoisotopic (exact) mass is 554 g/mol. The first kappa shape index (κ1) is 24.9. The topological polar surface area (TPSA) is 54.6 Å². The quantitative estimate of drug-likeness (QED) is 0.232. The smallest absolute Gasteiger partial charge is 0.337 e. The molecule has 0 bridgehead atoms. The minimum Gasteiger partial charge on any atom is -0.497 e. The Morgan fingerprint density at radius 1 is 1.11 bits per heavy atom. The van der Waals surface area contributed by atoms with Gasteiger partial charge < -0.3 is 19.4 Å². The summed E-state index contributed by atoms with van der Waals surface area (Å²) >= 11 is 8.84. The van der Waals surface area contributed by atoms with Gasteiger partial charge in [-0.25, -0.2) is 9.18 Å². The minimum absolute atomic E-state index is 0.00845. The number of carbonyl (C=O) groups excluding carboxylic acids is 1. The first-order valence-corrected chi connectivity index (χ1v) is 12.2. The van der Waals surface area contributed by atoms with E-state index in [-0.39, 0.29) is 17.8 Å². The van der Waals surface area contributed by atoms with Gasteiger partial charge in [-0.2, -0.15) is 0 Å². The number of aromatic amines is 1. The Bertz CT molecular complexity index is 1340. The number of ether oxygens (including phenoxy) is 2. The van der Waals surface area contributed by atoms with Crippen molar-refractivity contribution in [2.24, 2.45) is 0 Å². The molecule has 1 atom stereocenters. The molecule has 0 spiro atoms. The first-order valence-electron chi connectivity index (χ1n) is 10.9. The number of carbonyl (C=O) groups is 1. The van der Waals surface area contributed by atoms with Gasteiger partial charge in [0.1, 0.15) is 11.6 Å². The SMILES string of the molecule is COC(=O)c1ccc(C2c3[nH]c4ccc(Br)cc4c3CCN2C=S)cc1.COc1ccc(F)cc1. The lowest BCUT2D eigenvalue weighted by Gasteiger charge is -2.34. The van der Waals surface area contributed by atoms with Crippen molar-refractivity contribution in [2.45, 2.75) is 12.5 Å². The summed E-state index contributed by atoms with van der Waals surface area (Å²) in [5.74, 6) is 0.107. The fourth-order valence-corrected chi connectivity index (χ4v) is 4.83. The average molecular weight is 555 g/mol. The first-order chi connectivity index (χ1) is 16.9. The Morgan fingerprint density at radius 2 is 1.83 bits per heavy atom. The molecule has 1 aliphatic rings. The van der Waals surface area contributed by atoms with Crippen molar-refractivity contribution in [3.05, 3.63) is 99.4 Å². The minimum atomic E-state index is -0.331. The van der Waals surface area contributed by atoms with Gasteiger partial charge in [0.2, 0.25) is 0 Å². The van der Waals surface area contributed by atoms with E-state index in [1.165, 1.54) is 30.2 Å². The van der Waals surface area contributed by atoms with E-state index in [1.54, 1.807) is 36.9 Å². The van der Waals surface area contributed by atoms with Crippen molar-refractivity contribution in [1.29, 1.82) is 0 Å². The Labute approximate surface area is 217 Å². The number of hydrogen-bond acceptors (Lipinski definition) is 4. The lowest BCUT2D eigenvalue weighted by Crippen LogP contribution is -2.34. The molecule has 2 heterocycles. The van der Waals surface area contributed by atoms with Crippen LogP contribution >= 0.6 is 28.1 Å². The molecule has 0 aliphatic carbocycles. The number of methoxy groups -OCH3 is 2. The summed E-state index contributed by atoms with van der Waals surface area (Å²) < 4.78 is 22.8. The number of rotatable bonds is 4. The summed E-state index contributed by atoms with van der Waals surface area (Å²) in [5.41, 5.74) is 6.98. The Hall–Kier alpha value is -3.23. The molecule has 1 N–H and O–H groups in total. The van der Waals surface area contributed by atoms with Crippen LogP contribution in [0.1, 0.15) is 33.2 Å². The molecule has 0 saturated carbocycles. The van der Waals surface area contributed by atoms with Crippen molar-refractivity contribution >= 4 is 50.5 Å². The van der Waals surface area contributed by atoms with Crippen LogP contribution in [0.3, 0.4) is 0 Å². The molecule has 1 aliphatic heterocycles. The Balaban J connectivity index is 0.000000271. The number of hydrogen-bond donors (Lipinski definition) is 1. The van der Waals surface area contributed by atoms with Crippen LogP contribution in [0.5, 0.6) is 5.75 Å². The van der Waals surface area contributed by atoms with E-state index in [2.05, 4.69) is 37.9 Å². The number of aromatic nitrogens is 1. The molecule has 8 heteroatoms. The van der Waals surface area contributed by atoms with Gasteiger partial charge in [0.15, 0.2) is 0 Å². The molecule has 180 valence electrons. The van der Waals surface area contributed by atoms with Crippen LogP contribution in [-0.4, -0.2) is 42.1 Å². The standard InChI is InChI=1S/C20H17BrN2O2S.C7H7FO/c1-25-20(24)13-4-2-12(3-5-13)19-18-15(8-9-23(19)11-26)16-10-14(21)6-7-17(16)22-18;1-9-7-4-2-6(8)3-5-7/h2-7,10-11,19,22H,8-9H2,1H3;2-5H,1H3. The third kappa shape index (κ3) is 5.39. The summed E-state index contributed by atoms with van der Waals surface area (Å²) in [6.07, 6.45) is 0.940.